The summed E-state index contributed by atoms with van der Waals surface area (Å²) in [6.07, 6.45) is 20.2. The Morgan fingerprint density at radius 3 is 0.794 bits per heavy atom. The van der Waals surface area contributed by atoms with Crippen LogP contribution in [0, 0.1) is 17.8 Å². The fourth-order valence-electron chi connectivity index (χ4n) is 17.4. The summed E-state index contributed by atoms with van der Waals surface area (Å²) in [7, 11) is -61.1. The first kappa shape index (κ1) is 122. The van der Waals surface area contributed by atoms with Crippen molar-refractivity contribution in [1.29, 1.82) is 0 Å². The van der Waals surface area contributed by atoms with E-state index in [1.807, 2.05) is 12.2 Å². The summed E-state index contributed by atoms with van der Waals surface area (Å²) in [5.41, 5.74) is 3.56. The third kappa shape index (κ3) is 37.3. The maximum Gasteiger partial charge on any atom is 0.239 e. The molecule has 6 fully saturated rings. The molecule has 6 saturated carbocycles. The molecule has 796 valence electrons. The highest BCUT2D eigenvalue weighted by Crippen LogP contribution is 2.47. The molecular weight excluding hydrogens is 2140 g/mol. The summed E-state index contributed by atoms with van der Waals surface area (Å²) >= 11 is 0. The molecule has 0 spiro atoms. The summed E-state index contributed by atoms with van der Waals surface area (Å²) in [6, 6.07) is 25.8. The first-order valence-electron chi connectivity index (χ1n) is 42.5. The molecule has 8 atom stereocenters. The van der Waals surface area contributed by atoms with Crippen LogP contribution in [0.25, 0.3) is 0 Å². The normalized spacial score (nSPS) is 24.4. The number of benzene rings is 5. The highest BCUT2D eigenvalue weighted by Gasteiger charge is 2.41. The van der Waals surface area contributed by atoms with E-state index in [9.17, 15) is 199 Å². The van der Waals surface area contributed by atoms with Gasteiger partial charge in [-0.25, -0.2) is 109 Å². The van der Waals surface area contributed by atoms with E-state index in [4.69, 9.17) is 0 Å². The van der Waals surface area contributed by atoms with Gasteiger partial charge in [0, 0.05) is 10.5 Å². The maximum atomic E-state index is 11.6. The number of rotatable bonds is 18. The van der Waals surface area contributed by atoms with Crippen molar-refractivity contribution < 1.29 is 199 Å². The quantitative estimate of drug-likeness (QED) is 0.0868. The van der Waals surface area contributed by atoms with Crippen molar-refractivity contribution in [2.75, 3.05) is 0 Å². The monoisotopic (exact) mass is 2230 g/mol. The Kier molecular flexibility index (Phi) is 42.9. The van der Waals surface area contributed by atoms with Gasteiger partial charge in [0.25, 0.3) is 0 Å². The molecule has 8 unspecified atom stereocenters. The summed E-state index contributed by atoms with van der Waals surface area (Å²) < 4.78 is 415. The van der Waals surface area contributed by atoms with Crippen LogP contribution in [0.1, 0.15) is 232 Å². The van der Waals surface area contributed by atoms with Crippen molar-refractivity contribution in [3.05, 3.63) is 155 Å². The van der Waals surface area contributed by atoms with E-state index in [2.05, 4.69) is 21.9 Å². The van der Waals surface area contributed by atoms with Gasteiger partial charge in [-0.1, -0.05) is 179 Å². The molecule has 61 heteroatoms. The lowest BCUT2D eigenvalue weighted by atomic mass is 9.76. The molecule has 0 saturated heterocycles. The van der Waals surface area contributed by atoms with Crippen LogP contribution in [0.15, 0.2) is 153 Å². The van der Waals surface area contributed by atoms with Gasteiger partial charge in [0.05, 0.1) is 102 Å². The van der Waals surface area contributed by atoms with E-state index in [0.717, 1.165) is 107 Å². The molecule has 0 aliphatic heterocycles. The van der Waals surface area contributed by atoms with Gasteiger partial charge in [0.15, 0.2) is 30.4 Å². The van der Waals surface area contributed by atoms with Crippen LogP contribution < -0.4 is 30.6 Å². The zero-order chi connectivity index (χ0) is 107. The van der Waals surface area contributed by atoms with Crippen LogP contribution in [-0.2, 0) is 132 Å². The summed E-state index contributed by atoms with van der Waals surface area (Å²) in [6.45, 7) is 4.69. The van der Waals surface area contributed by atoms with Crippen LogP contribution in [0.5, 0.6) is 34.5 Å². The lowest BCUT2D eigenvalue weighted by Crippen LogP contribution is -2.34. The van der Waals surface area contributed by atoms with Gasteiger partial charge < -0.3 is 89.8 Å². The van der Waals surface area contributed by atoms with Crippen molar-refractivity contribution in [3.8, 4) is 34.5 Å². The average Bonchev–Trinajstić information content (AvgIpc) is 1.20. The van der Waals surface area contributed by atoms with Gasteiger partial charge in [0.1, 0.15) is 40.5 Å². The molecule has 48 nitrogen and oxygen atoms in total. The summed E-state index contributed by atoms with van der Waals surface area (Å²) in [4.78, 5) is 6.95. The maximum absolute atomic E-state index is 11.6. The van der Waals surface area contributed by atoms with Crippen LogP contribution >= 0.6 is 0 Å². The van der Waals surface area contributed by atoms with Crippen molar-refractivity contribution in [2.45, 2.75) is 272 Å². The molecule has 14 rings (SSSR count). The predicted molar refractivity (Wildman–Crippen MR) is 467 cm³/mol. The molecule has 1 aromatic heterocycles. The first-order chi connectivity index (χ1) is 64.4. The van der Waals surface area contributed by atoms with E-state index in [1.165, 1.54) is 87.0 Å². The predicted octanol–water partition coefficient (Wildman–Crippen LogP) is 1.45. The minimum absolute atomic E-state index is 0.0298. The number of hydrogen-bond acceptors (Lipinski definition) is 48. The summed E-state index contributed by atoms with van der Waals surface area (Å²) in [5.74, 6) is -0.768. The van der Waals surface area contributed by atoms with Crippen molar-refractivity contribution in [1.82, 2.24) is 15.0 Å². The minimum atomic E-state index is -5.49. The molecule has 6 aromatic rings. The van der Waals surface area contributed by atoms with E-state index < -0.39 is 201 Å². The van der Waals surface area contributed by atoms with Crippen LogP contribution in [0.2, 0.25) is 0 Å². The molecule has 0 amide bonds. The van der Waals surface area contributed by atoms with Crippen molar-refractivity contribution in [3.63, 3.8) is 0 Å². The second kappa shape index (κ2) is 49.6. The highest BCUT2D eigenvalue weighted by molar-refractivity contribution is 7.89. The van der Waals surface area contributed by atoms with Gasteiger partial charge >= 0.3 is 0 Å². The Labute approximate surface area is 818 Å². The van der Waals surface area contributed by atoms with Crippen molar-refractivity contribution >= 4 is 132 Å². The Bertz CT molecular complexity index is 6570. The third-order valence-electron chi connectivity index (χ3n) is 24.7. The van der Waals surface area contributed by atoms with Crippen LogP contribution in [-0.4, -0.2) is 226 Å². The van der Waals surface area contributed by atoms with E-state index in [0.29, 0.717) is 34.4 Å². The summed E-state index contributed by atoms with van der Waals surface area (Å²) in [5, 5.41) is 53.6. The molecule has 141 heavy (non-hydrogen) atoms. The fraction of sp³-hybridized carbons (Fsp3) is 0.537. The Morgan fingerprint density at radius 2 is 0.546 bits per heavy atom. The topological polar surface area (TPSA) is 921 Å². The highest BCUT2D eigenvalue weighted by atomic mass is 32.3. The van der Waals surface area contributed by atoms with Crippen LogP contribution in [0.3, 0.4) is 0 Å². The molecule has 8 aliphatic rings. The Hall–Kier alpha value is -7.78. The minimum Gasteiger partial charge on any atom is -0.872 e. The van der Waals surface area contributed by atoms with Crippen molar-refractivity contribution in [2.24, 2.45) is 17.8 Å². The number of hydrogen-bond donors (Lipinski definition) is 0. The smallest absolute Gasteiger partial charge is 0.239 e. The van der Waals surface area contributed by atoms with Gasteiger partial charge in [-0.15, -0.1) is 34.5 Å². The largest absolute Gasteiger partial charge is 0.872 e. The fourth-order valence-corrected chi connectivity index (χ4v) is 27.8. The molecule has 0 radical (unpaired) electrons. The van der Waals surface area contributed by atoms with E-state index in [1.54, 1.807) is 36.4 Å². The first-order valence-corrected chi connectivity index (χ1v) is 61.3. The standard InChI is InChI=1S/C18H20O6S2.2C12H16O2.C11H12O2.C6H12O6S2.C6H10O6S2.2C6H12O6S2.C3H3N3O9S3/c19-25(20,21)17-9-5-15(6-10-17)13-1-2-14(4-3-13)16-7-11-18(12-8-16)26(22,23)24;1-8-4-2-5-9(8)12-10(13)6-3-7-11(12)14;13-10-7-4-8-11(14)12(10)9-5-2-1-3-6-9;12-9-6-3-7-10(13)11(9)8-4-1-2-5-8;2*1-4-5(13(7,8)9)2-3-6(4)14(10,11)12;7-13(8,9)5-1-2-6(4-3-5)14(10,11)12;7-13(8,9)5-2-1-3-6(4-5)14(10,11)12;7-16(8,9)1-4-2(17(10,11)12)6-3(5-1)18(13,14)15/h5-14H,1-4H2,(H,19,20,21)(H,22,23,24);3,6-9,13-14H,2,4-5H2,1H3;4,7-9,13-14H,1-3,5-6H2;1-3,6-8,12-13H,4-5H2;4-6H,2-3H2,1H3,(H,7,8,9)(H,10,11,12);2-6H,1H3,(H,7,8,9)(H,10,11,12);2*5-6H,1-4H2,(H,7,8,9)(H,10,11,12);(H,7,8,9)(H,10,11,12)(H,13,14,15)/p-19. The Morgan fingerprint density at radius 1 is 0.255 bits per heavy atom. The third-order valence-corrected chi connectivity index (χ3v) is 38.6. The SMILES string of the molecule is CC1C(S(=O)(=O)[O-])C=CC1S(=O)(=O)[O-].CC1C(S(=O)(=O)[O-])CCC1S(=O)(=O)[O-].CC1CCCC1c1c([O-])cccc1[O-].O=S(=O)([O-])C1CCC(S(=O)(=O)[O-])CC1.O=S(=O)([O-])C1CCCC(S(=O)(=O)[O-])C1.O=S(=O)([O-])c1ccc(C2CCC(c3ccc(S(=O)(=O)[O-])cc3)CC2)cc1.O=S(=O)([O-])c1nc(S(=O)(=O)[O-])nc(S(=O)(=O)[O-])n1.[O-]c1cccc([O-])c1C1CC=CC1.[O-]c1cccc([O-])c1C1CCCCC1. The van der Waals surface area contributed by atoms with E-state index in [-0.39, 0.29) is 126 Å². The Balaban J connectivity index is 0.000000245. The van der Waals surface area contributed by atoms with Gasteiger partial charge in [-0.2, -0.15) is 15.0 Å². The zero-order valence-electron chi connectivity index (χ0n) is 74.4. The second-order valence-corrected chi connectivity index (χ2v) is 53.5. The van der Waals surface area contributed by atoms with E-state index >= 15 is 0 Å². The second-order valence-electron chi connectivity index (χ2n) is 34.1. The molecule has 0 N–H and O–H groups in total. The molecule has 8 aliphatic carbocycles. The molecule has 0 bridgehead atoms. The van der Waals surface area contributed by atoms with Gasteiger partial charge in [0.2, 0.25) is 15.5 Å². The molecular formula is C80H94N3O45S13-19. The lowest BCUT2D eigenvalue weighted by Gasteiger charge is -2.31. The van der Waals surface area contributed by atoms with Gasteiger partial charge in [-0.05, 0) is 198 Å². The number of allylic oxidation sites excluding steroid dienone is 2. The molecule has 5 aromatic carbocycles. The molecule has 1 heterocycles. The zero-order valence-corrected chi connectivity index (χ0v) is 85.0. The van der Waals surface area contributed by atoms with Gasteiger partial charge in [-0.3, -0.25) is 0 Å². The van der Waals surface area contributed by atoms with Crippen LogP contribution in [0.4, 0.5) is 0 Å². The number of nitrogens with zero attached hydrogens (tertiary/aromatic N) is 3. The lowest BCUT2D eigenvalue weighted by molar-refractivity contribution is -0.284. The number of aromatic nitrogens is 3. The average molecular weight is 2230 g/mol.